The third kappa shape index (κ3) is 2.88. The summed E-state index contributed by atoms with van der Waals surface area (Å²) in [4.78, 5) is 12.3. The van der Waals surface area contributed by atoms with E-state index < -0.39 is 0 Å². The van der Waals surface area contributed by atoms with Gasteiger partial charge in [-0.2, -0.15) is 5.10 Å². The van der Waals surface area contributed by atoms with E-state index in [1.807, 2.05) is 49.8 Å². The highest BCUT2D eigenvalue weighted by Crippen LogP contribution is 2.47. The first-order valence-electron chi connectivity index (χ1n) is 7.49. The average Bonchev–Trinajstić information content (AvgIpc) is 3.23. The zero-order valence-corrected chi connectivity index (χ0v) is 13.8. The molecule has 0 aliphatic heterocycles. The quantitative estimate of drug-likeness (QED) is 0.942. The van der Waals surface area contributed by atoms with Crippen molar-refractivity contribution in [3.63, 3.8) is 0 Å². The molecule has 1 saturated carbocycles. The summed E-state index contributed by atoms with van der Waals surface area (Å²) >= 11 is 5.90. The van der Waals surface area contributed by atoms with E-state index in [2.05, 4.69) is 10.4 Å². The fourth-order valence-corrected chi connectivity index (χ4v) is 3.07. The summed E-state index contributed by atoms with van der Waals surface area (Å²) in [6.45, 7) is 4.55. The van der Waals surface area contributed by atoms with Gasteiger partial charge in [-0.05, 0) is 43.9 Å². The fourth-order valence-electron chi connectivity index (χ4n) is 2.94. The van der Waals surface area contributed by atoms with Crippen molar-refractivity contribution >= 4 is 17.5 Å². The number of aryl methyl sites for hydroxylation is 2. The van der Waals surface area contributed by atoms with Gasteiger partial charge in [-0.15, -0.1) is 0 Å². The lowest BCUT2D eigenvalue weighted by Gasteiger charge is -2.06. The molecule has 2 aromatic rings. The Bertz CT molecular complexity index is 705. The van der Waals surface area contributed by atoms with Crippen molar-refractivity contribution in [1.82, 2.24) is 15.1 Å². The van der Waals surface area contributed by atoms with Gasteiger partial charge in [0.15, 0.2) is 0 Å². The number of hydrogen-bond donors (Lipinski definition) is 1. The molecule has 4 nitrogen and oxygen atoms in total. The van der Waals surface area contributed by atoms with Crippen molar-refractivity contribution in [1.29, 1.82) is 0 Å². The van der Waals surface area contributed by atoms with Crippen molar-refractivity contribution < 1.29 is 4.79 Å². The number of halogens is 1. The van der Waals surface area contributed by atoms with Crippen LogP contribution in [0.15, 0.2) is 24.3 Å². The molecule has 0 radical (unpaired) electrons. The minimum Gasteiger partial charge on any atom is -0.352 e. The van der Waals surface area contributed by atoms with Crippen LogP contribution in [-0.2, 0) is 18.4 Å². The molecule has 3 rings (SSSR count). The van der Waals surface area contributed by atoms with Crippen LogP contribution in [0.25, 0.3) is 0 Å². The summed E-state index contributed by atoms with van der Waals surface area (Å²) < 4.78 is 1.85. The van der Waals surface area contributed by atoms with Crippen LogP contribution in [0.3, 0.4) is 0 Å². The molecule has 0 bridgehead atoms. The van der Waals surface area contributed by atoms with Crippen LogP contribution in [-0.4, -0.2) is 15.7 Å². The van der Waals surface area contributed by atoms with Crippen molar-refractivity contribution in [3.05, 3.63) is 51.8 Å². The monoisotopic (exact) mass is 317 g/mol. The second kappa shape index (κ2) is 5.76. The van der Waals surface area contributed by atoms with Gasteiger partial charge in [0, 0.05) is 35.8 Å². The second-order valence-corrected chi connectivity index (χ2v) is 6.43. The van der Waals surface area contributed by atoms with Crippen molar-refractivity contribution in [3.8, 4) is 0 Å². The molecule has 22 heavy (non-hydrogen) atoms. The first-order valence-corrected chi connectivity index (χ1v) is 7.87. The third-order valence-electron chi connectivity index (χ3n) is 4.52. The van der Waals surface area contributed by atoms with Crippen molar-refractivity contribution in [2.24, 2.45) is 13.0 Å². The normalized spacial score (nSPS) is 20.0. The minimum absolute atomic E-state index is 0.0819. The van der Waals surface area contributed by atoms with Gasteiger partial charge in [-0.25, -0.2) is 0 Å². The van der Waals surface area contributed by atoms with Crippen LogP contribution < -0.4 is 5.32 Å². The Kier molecular flexibility index (Phi) is 3.96. The van der Waals surface area contributed by atoms with Crippen molar-refractivity contribution in [2.75, 3.05) is 0 Å². The van der Waals surface area contributed by atoms with Crippen LogP contribution in [0.4, 0.5) is 0 Å². The smallest absolute Gasteiger partial charge is 0.224 e. The highest BCUT2D eigenvalue weighted by molar-refractivity contribution is 6.30. The predicted octanol–water partition coefficient (Wildman–Crippen LogP) is 3.11. The highest BCUT2D eigenvalue weighted by Gasteiger charge is 2.43. The number of carbonyl (C=O) groups is 1. The molecular weight excluding hydrogens is 298 g/mol. The van der Waals surface area contributed by atoms with Gasteiger partial charge in [0.1, 0.15) is 0 Å². The average molecular weight is 318 g/mol. The molecule has 1 fully saturated rings. The Hall–Kier alpha value is -1.81. The summed E-state index contributed by atoms with van der Waals surface area (Å²) in [6, 6.07) is 7.78. The van der Waals surface area contributed by atoms with E-state index in [9.17, 15) is 4.79 Å². The van der Waals surface area contributed by atoms with E-state index in [0.29, 0.717) is 12.5 Å². The SMILES string of the molecule is Cc1nn(C)c(C)c1CNC(=O)C1CC1c1ccc(Cl)cc1. The van der Waals surface area contributed by atoms with Crippen LogP contribution in [0, 0.1) is 19.8 Å². The molecule has 2 atom stereocenters. The van der Waals surface area contributed by atoms with Crippen LogP contribution in [0.2, 0.25) is 5.02 Å². The topological polar surface area (TPSA) is 46.9 Å². The van der Waals surface area contributed by atoms with E-state index in [1.165, 1.54) is 5.56 Å². The fraction of sp³-hybridized carbons (Fsp3) is 0.412. The van der Waals surface area contributed by atoms with E-state index in [4.69, 9.17) is 11.6 Å². The third-order valence-corrected chi connectivity index (χ3v) is 4.78. The maximum Gasteiger partial charge on any atom is 0.224 e. The number of aromatic nitrogens is 2. The molecule has 1 amide bonds. The number of benzene rings is 1. The number of hydrogen-bond acceptors (Lipinski definition) is 2. The molecule has 0 saturated heterocycles. The Morgan fingerprint density at radius 1 is 1.36 bits per heavy atom. The lowest BCUT2D eigenvalue weighted by Crippen LogP contribution is -2.25. The Labute approximate surface area is 135 Å². The second-order valence-electron chi connectivity index (χ2n) is 5.99. The van der Waals surface area contributed by atoms with Gasteiger partial charge in [0.25, 0.3) is 0 Å². The molecule has 1 aliphatic rings. The van der Waals surface area contributed by atoms with E-state index in [1.54, 1.807) is 0 Å². The largest absolute Gasteiger partial charge is 0.352 e. The lowest BCUT2D eigenvalue weighted by molar-refractivity contribution is -0.122. The number of nitrogens with one attached hydrogen (secondary N) is 1. The first-order chi connectivity index (χ1) is 10.5. The summed E-state index contributed by atoms with van der Waals surface area (Å²) in [6.07, 6.45) is 0.915. The molecule has 1 heterocycles. The summed E-state index contributed by atoms with van der Waals surface area (Å²) in [5.41, 5.74) is 4.38. The zero-order valence-electron chi connectivity index (χ0n) is 13.1. The van der Waals surface area contributed by atoms with E-state index in [0.717, 1.165) is 28.4 Å². The standard InChI is InChI=1S/C17H20ClN3O/c1-10-16(11(2)21(3)20-10)9-19-17(22)15-8-14(15)12-4-6-13(18)7-5-12/h4-7,14-15H,8-9H2,1-3H3,(H,19,22). The van der Waals surface area contributed by atoms with Gasteiger partial charge < -0.3 is 5.32 Å². The van der Waals surface area contributed by atoms with Crippen LogP contribution in [0.5, 0.6) is 0 Å². The molecule has 116 valence electrons. The highest BCUT2D eigenvalue weighted by atomic mass is 35.5. The van der Waals surface area contributed by atoms with E-state index >= 15 is 0 Å². The Morgan fingerprint density at radius 3 is 2.64 bits per heavy atom. The van der Waals surface area contributed by atoms with Gasteiger partial charge in [0.05, 0.1) is 5.69 Å². The molecule has 5 heteroatoms. The first kappa shape index (κ1) is 15.1. The molecule has 1 aromatic carbocycles. The minimum atomic E-state index is 0.0819. The molecular formula is C17H20ClN3O. The molecule has 1 aliphatic carbocycles. The maximum absolute atomic E-state index is 12.3. The molecule has 1 aromatic heterocycles. The summed E-state index contributed by atoms with van der Waals surface area (Å²) in [5.74, 6) is 0.537. The summed E-state index contributed by atoms with van der Waals surface area (Å²) in [5, 5.41) is 8.15. The number of amides is 1. The maximum atomic E-state index is 12.3. The Morgan fingerprint density at radius 2 is 2.05 bits per heavy atom. The van der Waals surface area contributed by atoms with Gasteiger partial charge in [-0.1, -0.05) is 23.7 Å². The van der Waals surface area contributed by atoms with Gasteiger partial charge in [-0.3, -0.25) is 9.48 Å². The number of rotatable bonds is 4. The van der Waals surface area contributed by atoms with Crippen molar-refractivity contribution in [2.45, 2.75) is 32.7 Å². The summed E-state index contributed by atoms with van der Waals surface area (Å²) in [7, 11) is 1.92. The number of nitrogens with zero attached hydrogens (tertiary/aromatic N) is 2. The van der Waals surface area contributed by atoms with Crippen LogP contribution >= 0.6 is 11.6 Å². The molecule has 1 N–H and O–H groups in total. The molecule has 2 unspecified atom stereocenters. The van der Waals surface area contributed by atoms with E-state index in [-0.39, 0.29) is 11.8 Å². The Balaban J connectivity index is 1.59. The molecule has 0 spiro atoms. The lowest BCUT2D eigenvalue weighted by atomic mass is 10.1. The predicted molar refractivity (Wildman–Crippen MR) is 86.8 cm³/mol. The van der Waals surface area contributed by atoms with Crippen LogP contribution in [0.1, 0.15) is 34.9 Å². The zero-order chi connectivity index (χ0) is 15.9. The number of carbonyl (C=O) groups excluding carboxylic acids is 1. The van der Waals surface area contributed by atoms with Gasteiger partial charge in [0.2, 0.25) is 5.91 Å². The van der Waals surface area contributed by atoms with Gasteiger partial charge >= 0.3 is 0 Å².